The van der Waals surface area contributed by atoms with Gasteiger partial charge in [-0.3, -0.25) is 0 Å². The Kier molecular flexibility index (Phi) is 4.13. The second-order valence-corrected chi connectivity index (χ2v) is 5.01. The molecule has 0 heterocycles. The van der Waals surface area contributed by atoms with Crippen molar-refractivity contribution in [3.05, 3.63) is 52.0 Å². The first-order valence-electron chi connectivity index (χ1n) is 6.21. The Bertz CT molecular complexity index is 608. The summed E-state index contributed by atoms with van der Waals surface area (Å²) < 4.78 is 5.54. The fourth-order valence-electron chi connectivity index (χ4n) is 2.17. The van der Waals surface area contributed by atoms with Crippen LogP contribution in [0.5, 0.6) is 5.75 Å². The van der Waals surface area contributed by atoms with E-state index in [1.807, 2.05) is 24.3 Å². The first-order chi connectivity index (χ1) is 9.08. The predicted octanol–water partition coefficient (Wildman–Crippen LogP) is 4.09. The van der Waals surface area contributed by atoms with Gasteiger partial charge in [-0.15, -0.1) is 0 Å². The van der Waals surface area contributed by atoms with Gasteiger partial charge in [-0.2, -0.15) is 0 Å². The van der Waals surface area contributed by atoms with Gasteiger partial charge in [0.1, 0.15) is 5.75 Å². The third-order valence-electron chi connectivity index (χ3n) is 3.44. The topological polar surface area (TPSA) is 35.2 Å². The third kappa shape index (κ3) is 2.60. The molecule has 3 heteroatoms. The van der Waals surface area contributed by atoms with Gasteiger partial charge in [0.15, 0.2) is 0 Å². The minimum absolute atomic E-state index is 0.490. The van der Waals surface area contributed by atoms with Crippen LogP contribution in [0.4, 0.5) is 0 Å². The molecule has 0 aliphatic carbocycles. The van der Waals surface area contributed by atoms with E-state index in [2.05, 4.69) is 19.9 Å². The molecule has 0 radical (unpaired) electrons. The third-order valence-corrected chi connectivity index (χ3v) is 3.75. The summed E-state index contributed by atoms with van der Waals surface area (Å²) >= 11 is 6.35. The molecule has 2 aromatic carbocycles. The first-order valence-corrected chi connectivity index (χ1v) is 6.59. The zero-order valence-electron chi connectivity index (χ0n) is 11.5. The van der Waals surface area contributed by atoms with E-state index < -0.39 is 0 Å². The van der Waals surface area contributed by atoms with Crippen LogP contribution in [0.2, 0.25) is 5.02 Å². The molecule has 0 aliphatic rings. The van der Waals surface area contributed by atoms with Gasteiger partial charge in [0.05, 0.1) is 7.11 Å². The number of hydrogen-bond acceptors (Lipinski definition) is 2. The lowest BCUT2D eigenvalue weighted by molar-refractivity contribution is 0.413. The number of rotatable bonds is 3. The van der Waals surface area contributed by atoms with Crippen molar-refractivity contribution in [2.45, 2.75) is 20.4 Å². The standard InChI is InChI=1S/C16H18ClNO/c1-10-4-6-14(16(19-3)11(10)2)13-7-5-12(9-18)8-15(13)17/h4-8H,9,18H2,1-3H3. The Morgan fingerprint density at radius 2 is 1.79 bits per heavy atom. The van der Waals surface area contributed by atoms with Crippen LogP contribution >= 0.6 is 11.6 Å². The maximum atomic E-state index is 6.35. The highest BCUT2D eigenvalue weighted by molar-refractivity contribution is 6.33. The molecule has 0 aliphatic heterocycles. The molecule has 0 saturated carbocycles. The van der Waals surface area contributed by atoms with Crippen LogP contribution in [0.15, 0.2) is 30.3 Å². The monoisotopic (exact) mass is 275 g/mol. The summed E-state index contributed by atoms with van der Waals surface area (Å²) in [6, 6.07) is 10.0. The van der Waals surface area contributed by atoms with Crippen molar-refractivity contribution >= 4 is 11.6 Å². The number of methoxy groups -OCH3 is 1. The molecule has 0 saturated heterocycles. The highest BCUT2D eigenvalue weighted by Crippen LogP contribution is 2.38. The summed E-state index contributed by atoms with van der Waals surface area (Å²) in [5, 5.41) is 0.699. The zero-order valence-corrected chi connectivity index (χ0v) is 12.2. The van der Waals surface area contributed by atoms with Crippen molar-refractivity contribution in [1.82, 2.24) is 0 Å². The Morgan fingerprint density at radius 1 is 1.11 bits per heavy atom. The average molecular weight is 276 g/mol. The second-order valence-electron chi connectivity index (χ2n) is 4.61. The molecular weight excluding hydrogens is 258 g/mol. The number of halogens is 1. The molecule has 0 unspecified atom stereocenters. The fourth-order valence-corrected chi connectivity index (χ4v) is 2.47. The Hall–Kier alpha value is -1.51. The molecule has 2 rings (SSSR count). The minimum Gasteiger partial charge on any atom is -0.496 e. The molecule has 2 nitrogen and oxygen atoms in total. The van der Waals surface area contributed by atoms with E-state index in [0.717, 1.165) is 28.0 Å². The maximum Gasteiger partial charge on any atom is 0.129 e. The van der Waals surface area contributed by atoms with Crippen LogP contribution in [-0.4, -0.2) is 7.11 Å². The number of nitrogens with two attached hydrogens (primary N) is 1. The molecule has 0 amide bonds. The quantitative estimate of drug-likeness (QED) is 0.916. The Balaban J connectivity index is 2.62. The number of aryl methyl sites for hydroxylation is 1. The molecule has 19 heavy (non-hydrogen) atoms. The van der Waals surface area contributed by atoms with Gasteiger partial charge in [-0.05, 0) is 36.6 Å². The van der Waals surface area contributed by atoms with Gasteiger partial charge in [0.25, 0.3) is 0 Å². The van der Waals surface area contributed by atoms with Crippen molar-refractivity contribution < 1.29 is 4.74 Å². The van der Waals surface area contributed by atoms with Gasteiger partial charge < -0.3 is 10.5 Å². The van der Waals surface area contributed by atoms with E-state index in [9.17, 15) is 0 Å². The second kappa shape index (κ2) is 5.64. The number of hydrogen-bond donors (Lipinski definition) is 1. The molecule has 0 fully saturated rings. The summed E-state index contributed by atoms with van der Waals surface area (Å²) in [7, 11) is 1.69. The minimum atomic E-state index is 0.490. The summed E-state index contributed by atoms with van der Waals surface area (Å²) in [6.45, 7) is 4.62. The van der Waals surface area contributed by atoms with E-state index in [1.165, 1.54) is 5.56 Å². The van der Waals surface area contributed by atoms with Gasteiger partial charge >= 0.3 is 0 Å². The average Bonchev–Trinajstić information content (AvgIpc) is 2.42. The smallest absolute Gasteiger partial charge is 0.129 e. The summed E-state index contributed by atoms with van der Waals surface area (Å²) in [5.41, 5.74) is 11.0. The molecule has 100 valence electrons. The molecule has 0 spiro atoms. The fraction of sp³-hybridized carbons (Fsp3) is 0.250. The van der Waals surface area contributed by atoms with Crippen molar-refractivity contribution in [1.29, 1.82) is 0 Å². The molecule has 2 N–H and O–H groups in total. The van der Waals surface area contributed by atoms with Crippen molar-refractivity contribution in [2.75, 3.05) is 7.11 Å². The Labute approximate surface area is 119 Å². The van der Waals surface area contributed by atoms with Crippen LogP contribution in [0.25, 0.3) is 11.1 Å². The predicted molar refractivity (Wildman–Crippen MR) is 80.8 cm³/mol. The van der Waals surface area contributed by atoms with Crippen molar-refractivity contribution in [2.24, 2.45) is 5.73 Å². The van der Waals surface area contributed by atoms with Crippen LogP contribution < -0.4 is 10.5 Å². The molecule has 0 atom stereocenters. The molecule has 0 aromatic heterocycles. The summed E-state index contributed by atoms with van der Waals surface area (Å²) in [6.07, 6.45) is 0. The van der Waals surface area contributed by atoms with Gasteiger partial charge in [0.2, 0.25) is 0 Å². The zero-order chi connectivity index (χ0) is 14.0. The number of benzene rings is 2. The van der Waals surface area contributed by atoms with Crippen LogP contribution in [0, 0.1) is 13.8 Å². The lowest BCUT2D eigenvalue weighted by Gasteiger charge is -2.15. The lowest BCUT2D eigenvalue weighted by Crippen LogP contribution is -1.97. The van der Waals surface area contributed by atoms with Gasteiger partial charge in [0, 0.05) is 22.7 Å². The first kappa shape index (κ1) is 13.9. The Morgan fingerprint density at radius 3 is 2.37 bits per heavy atom. The molecule has 0 bridgehead atoms. The van der Waals surface area contributed by atoms with Crippen molar-refractivity contribution in [3.63, 3.8) is 0 Å². The number of ether oxygens (including phenoxy) is 1. The molecular formula is C16H18ClNO. The maximum absolute atomic E-state index is 6.35. The highest BCUT2D eigenvalue weighted by atomic mass is 35.5. The van der Waals surface area contributed by atoms with E-state index in [4.69, 9.17) is 22.1 Å². The van der Waals surface area contributed by atoms with E-state index in [0.29, 0.717) is 11.6 Å². The van der Waals surface area contributed by atoms with Gasteiger partial charge in [-0.1, -0.05) is 35.9 Å². The van der Waals surface area contributed by atoms with Gasteiger partial charge in [-0.25, -0.2) is 0 Å². The largest absolute Gasteiger partial charge is 0.496 e. The normalized spacial score (nSPS) is 10.6. The van der Waals surface area contributed by atoms with Crippen LogP contribution in [0.1, 0.15) is 16.7 Å². The summed E-state index contributed by atoms with van der Waals surface area (Å²) in [4.78, 5) is 0. The van der Waals surface area contributed by atoms with Crippen LogP contribution in [-0.2, 0) is 6.54 Å². The highest BCUT2D eigenvalue weighted by Gasteiger charge is 2.13. The lowest BCUT2D eigenvalue weighted by atomic mass is 9.98. The molecule has 2 aromatic rings. The van der Waals surface area contributed by atoms with E-state index >= 15 is 0 Å². The SMILES string of the molecule is COc1c(-c2ccc(CN)cc2Cl)ccc(C)c1C. The summed E-state index contributed by atoms with van der Waals surface area (Å²) in [5.74, 6) is 0.877. The van der Waals surface area contributed by atoms with E-state index in [-0.39, 0.29) is 0 Å². The van der Waals surface area contributed by atoms with E-state index in [1.54, 1.807) is 7.11 Å². The van der Waals surface area contributed by atoms with Crippen molar-refractivity contribution in [3.8, 4) is 16.9 Å². The van der Waals surface area contributed by atoms with Crippen LogP contribution in [0.3, 0.4) is 0 Å².